The van der Waals surface area contributed by atoms with Crippen LogP contribution in [-0.2, 0) is 16.0 Å². The maximum absolute atomic E-state index is 13.7. The molecule has 4 heterocycles. The minimum Gasteiger partial charge on any atom is -0.298 e. The molecule has 0 atom stereocenters. The molecule has 0 spiro atoms. The van der Waals surface area contributed by atoms with Crippen molar-refractivity contribution in [3.63, 3.8) is 0 Å². The van der Waals surface area contributed by atoms with Crippen LogP contribution in [-0.4, -0.2) is 60.7 Å². The maximum Gasteiger partial charge on any atom is 0.373 e. The largest absolute Gasteiger partial charge is 0.373 e. The summed E-state index contributed by atoms with van der Waals surface area (Å²) in [6.45, 7) is 8.44. The van der Waals surface area contributed by atoms with E-state index in [9.17, 15) is 50.3 Å². The molecule has 0 bridgehead atoms. The Morgan fingerprint density at radius 1 is 0.588 bits per heavy atom. The Kier molecular flexibility index (Phi) is 19.8. The third-order valence-corrected chi connectivity index (χ3v) is 13.3. The van der Waals surface area contributed by atoms with E-state index in [4.69, 9.17) is 9.59 Å². The monoisotopic (exact) mass is 1080 g/mol. The summed E-state index contributed by atoms with van der Waals surface area (Å²) in [7, 11) is 0. The number of Topliss-reactive ketones (excluding diaryl/α,β-unsaturated/α-hetero) is 2. The third-order valence-electron chi connectivity index (χ3n) is 8.40. The van der Waals surface area contributed by atoms with Gasteiger partial charge in [0.15, 0.2) is 27.0 Å². The van der Waals surface area contributed by atoms with Gasteiger partial charge in [-0.25, -0.2) is 46.3 Å². The van der Waals surface area contributed by atoms with Gasteiger partial charge in [-0.15, -0.1) is 11.3 Å². The average molecular weight is 1080 g/mol. The zero-order chi connectivity index (χ0) is 50.4. The smallest absolute Gasteiger partial charge is 0.298 e. The predicted molar refractivity (Wildman–Crippen MR) is 247 cm³/mol. The predicted octanol–water partition coefficient (Wildman–Crippen LogP) is 10.8. The first-order chi connectivity index (χ1) is 32.2. The van der Waals surface area contributed by atoms with Gasteiger partial charge in [-0.3, -0.25) is 39.9 Å². The number of halogens is 7. The van der Waals surface area contributed by atoms with Crippen molar-refractivity contribution >= 4 is 112 Å². The molecule has 7 aromatic rings. The molecule has 0 fully saturated rings. The lowest BCUT2D eigenvalue weighted by Gasteiger charge is -2.04. The zero-order valence-corrected chi connectivity index (χ0v) is 40.5. The van der Waals surface area contributed by atoms with E-state index in [2.05, 4.69) is 51.8 Å². The molecule has 14 nitrogen and oxygen atoms in total. The van der Waals surface area contributed by atoms with Crippen molar-refractivity contribution in [2.75, 3.05) is 21.3 Å². The van der Waals surface area contributed by atoms with E-state index in [0.717, 1.165) is 81.1 Å². The van der Waals surface area contributed by atoms with Crippen molar-refractivity contribution in [3.8, 4) is 10.6 Å². The molecule has 0 aliphatic rings. The Hall–Kier alpha value is -6.63. The summed E-state index contributed by atoms with van der Waals surface area (Å²) in [5.41, 5.74) is 0.444. The molecular formula is C43H32BrF6N7O7S4. The Morgan fingerprint density at radius 2 is 0.941 bits per heavy atom. The van der Waals surface area contributed by atoms with E-state index >= 15 is 0 Å². The minimum atomic E-state index is -0.961. The van der Waals surface area contributed by atoms with Gasteiger partial charge in [0.1, 0.15) is 51.6 Å². The number of aryl methyl sites for hydroxylation is 4. The molecule has 3 N–H and O–H groups in total. The number of amides is 3. The third kappa shape index (κ3) is 14.0. The Bertz CT molecular complexity index is 2980. The quantitative estimate of drug-likeness (QED) is 0.0631. The molecule has 3 amide bonds. The summed E-state index contributed by atoms with van der Waals surface area (Å²) < 4.78 is 81.2. The van der Waals surface area contributed by atoms with Crippen molar-refractivity contribution in [2.24, 2.45) is 0 Å². The van der Waals surface area contributed by atoms with E-state index in [1.807, 2.05) is 12.3 Å². The first-order valence-corrected chi connectivity index (χ1v) is 23.4. The van der Waals surface area contributed by atoms with Gasteiger partial charge in [-0.1, -0.05) is 75.1 Å². The van der Waals surface area contributed by atoms with E-state index in [0.29, 0.717) is 26.8 Å². The highest BCUT2D eigenvalue weighted by Crippen LogP contribution is 2.34. The fraction of sp³-hybridized carbons (Fsp3) is 0.163. The highest BCUT2D eigenvalue weighted by Gasteiger charge is 2.23. The van der Waals surface area contributed by atoms with E-state index < -0.39 is 69.3 Å². The minimum absolute atomic E-state index is 0.115. The van der Waals surface area contributed by atoms with Crippen LogP contribution in [0.15, 0.2) is 60.0 Å². The highest BCUT2D eigenvalue weighted by molar-refractivity contribution is 9.09. The summed E-state index contributed by atoms with van der Waals surface area (Å²) in [4.78, 5) is 93.3. The summed E-state index contributed by atoms with van der Waals surface area (Å²) >= 11 is 7.75. The van der Waals surface area contributed by atoms with E-state index in [1.54, 1.807) is 32.1 Å². The number of hydrogen-bond donors (Lipinski definition) is 3. The van der Waals surface area contributed by atoms with Gasteiger partial charge in [0.05, 0.1) is 47.7 Å². The van der Waals surface area contributed by atoms with Gasteiger partial charge < -0.3 is 0 Å². The van der Waals surface area contributed by atoms with Crippen LogP contribution in [0.1, 0.15) is 86.4 Å². The maximum atomic E-state index is 13.7. The van der Waals surface area contributed by atoms with Crippen molar-refractivity contribution in [1.82, 2.24) is 19.9 Å². The molecule has 68 heavy (non-hydrogen) atoms. The molecule has 0 saturated heterocycles. The van der Waals surface area contributed by atoms with Crippen LogP contribution < -0.4 is 16.0 Å². The number of nitrogens with zero attached hydrogens (tertiary/aromatic N) is 4. The number of hydrogen-bond acceptors (Lipinski definition) is 15. The summed E-state index contributed by atoms with van der Waals surface area (Å²) in [5.74, 6) is -8.76. The second-order valence-electron chi connectivity index (χ2n) is 13.1. The number of carbonyl (C=O) groups excluding carboxylic acids is 7. The first-order valence-electron chi connectivity index (χ1n) is 19.0. The van der Waals surface area contributed by atoms with Crippen molar-refractivity contribution < 1.29 is 59.9 Å². The Balaban J connectivity index is 0.000000217. The van der Waals surface area contributed by atoms with Crippen molar-refractivity contribution in [1.29, 1.82) is 0 Å². The number of nitrogens with one attached hydrogen (secondary N) is 3. The molecule has 354 valence electrons. The lowest BCUT2D eigenvalue weighted by molar-refractivity contribution is -0.191. The lowest BCUT2D eigenvalue weighted by atomic mass is 10.2. The first kappa shape index (κ1) is 54.0. The van der Waals surface area contributed by atoms with Crippen LogP contribution in [0.4, 0.5) is 41.7 Å². The molecule has 0 radical (unpaired) electrons. The SMILES string of the molecule is CC(=O)c1sc(NC(=O)c2c(F)cccc2F)nc1C.CCc1nc(-c2sc(NC(=O)c3c(F)cccc3F)nc2C)cs1.Cc1nc(NC(=O)c2c(F)cccc2F)sc1C(=O)CBr.O=C=O. The Labute approximate surface area is 406 Å². The molecule has 0 saturated carbocycles. The van der Waals surface area contributed by atoms with Crippen molar-refractivity contribution in [3.05, 3.63) is 143 Å². The van der Waals surface area contributed by atoms with Crippen LogP contribution in [0.5, 0.6) is 0 Å². The molecule has 4 aromatic heterocycles. The van der Waals surface area contributed by atoms with Crippen LogP contribution in [0.2, 0.25) is 0 Å². The second kappa shape index (κ2) is 24.9. The number of carbonyl (C=O) groups is 5. The number of anilines is 3. The molecule has 0 aliphatic heterocycles. The molecule has 7 rings (SSSR count). The van der Waals surface area contributed by atoms with Crippen LogP contribution in [0.25, 0.3) is 10.6 Å². The molecule has 25 heteroatoms. The van der Waals surface area contributed by atoms with Gasteiger partial charge in [-0.05, 0) is 63.6 Å². The fourth-order valence-electron chi connectivity index (χ4n) is 5.43. The molecule has 3 aromatic carbocycles. The number of benzene rings is 3. The topological polar surface area (TPSA) is 207 Å². The molecular weight excluding hydrogens is 1050 g/mol. The van der Waals surface area contributed by atoms with Gasteiger partial charge in [-0.2, -0.15) is 9.59 Å². The summed E-state index contributed by atoms with van der Waals surface area (Å²) in [6.07, 6.45) is 1.10. The highest BCUT2D eigenvalue weighted by atomic mass is 79.9. The number of aromatic nitrogens is 4. The van der Waals surface area contributed by atoms with Gasteiger partial charge in [0.25, 0.3) is 17.7 Å². The summed E-state index contributed by atoms with van der Waals surface area (Å²) in [6, 6.07) is 9.59. The normalized spacial score (nSPS) is 10.2. The fourth-order valence-corrected chi connectivity index (χ4v) is 9.39. The average Bonchev–Trinajstić information content (AvgIpc) is 4.07. The van der Waals surface area contributed by atoms with Gasteiger partial charge >= 0.3 is 6.15 Å². The number of rotatable bonds is 11. The second-order valence-corrected chi connectivity index (χ2v) is 17.6. The van der Waals surface area contributed by atoms with Gasteiger partial charge in [0.2, 0.25) is 0 Å². The van der Waals surface area contributed by atoms with Crippen LogP contribution in [0.3, 0.4) is 0 Å². The van der Waals surface area contributed by atoms with E-state index in [-0.39, 0.29) is 38.4 Å². The lowest BCUT2D eigenvalue weighted by Crippen LogP contribution is -2.15. The van der Waals surface area contributed by atoms with Crippen LogP contribution >= 0.6 is 61.3 Å². The zero-order valence-electron chi connectivity index (χ0n) is 35.6. The number of alkyl halides is 1. The molecule has 0 aliphatic carbocycles. The van der Waals surface area contributed by atoms with Gasteiger partial charge in [0, 0.05) is 12.3 Å². The number of thiazole rings is 4. The van der Waals surface area contributed by atoms with Crippen molar-refractivity contribution in [2.45, 2.75) is 41.0 Å². The van der Waals surface area contributed by atoms with Crippen LogP contribution in [0, 0.1) is 55.7 Å². The van der Waals surface area contributed by atoms with E-state index in [1.165, 1.54) is 36.5 Å². The summed E-state index contributed by atoms with van der Waals surface area (Å²) in [5, 5.41) is 10.6. The Morgan fingerprint density at radius 3 is 1.28 bits per heavy atom. The standard InChI is InChI=1S/C16H13F2N3OS2.C13H9BrF2N2O2S.C13H10F2N2O2S.CO2/c1-3-12-20-11(7-23-12)14-8(2)19-16(24-14)21-15(22)13-9(17)5-4-6-10(13)18;1-6-11(9(19)5-14)21-13(17-6)18-12(20)10-7(15)3-2-4-8(10)16;1-6-11(7(2)18)20-13(16-6)17-12(19)10-8(14)4-3-5-9(10)15;2-1-3/h4-7H,3H2,1-2H3,(H,19,21,22);2-4H,5H2,1H3,(H,17,18,20);3-5H,1-2H3,(H,16,17,19);. The molecule has 0 unspecified atom stereocenters. The number of ketones is 2.